The van der Waals surface area contributed by atoms with Crippen LogP contribution in [-0.2, 0) is 6.54 Å². The molecule has 3 aromatic carbocycles. The van der Waals surface area contributed by atoms with Crippen LogP contribution >= 0.6 is 0 Å². The van der Waals surface area contributed by atoms with Gasteiger partial charge in [0.2, 0.25) is 0 Å². The van der Waals surface area contributed by atoms with Crippen LogP contribution in [0.15, 0.2) is 95.8 Å². The van der Waals surface area contributed by atoms with E-state index in [4.69, 9.17) is 4.74 Å². The number of nitrogens with zero attached hydrogens (tertiary/aromatic N) is 3. The van der Waals surface area contributed by atoms with E-state index in [0.717, 1.165) is 5.56 Å². The lowest BCUT2D eigenvalue weighted by atomic mass is 10.1. The van der Waals surface area contributed by atoms with Crippen LogP contribution in [0.25, 0.3) is 16.7 Å². The van der Waals surface area contributed by atoms with Gasteiger partial charge in [-0.3, -0.25) is 19.0 Å². The number of pyridine rings is 1. The highest BCUT2D eigenvalue weighted by Gasteiger charge is 2.14. The zero-order valence-corrected chi connectivity index (χ0v) is 20.8. The van der Waals surface area contributed by atoms with Gasteiger partial charge in [0.1, 0.15) is 5.75 Å². The molecule has 2 aromatic heterocycles. The van der Waals surface area contributed by atoms with Gasteiger partial charge in [-0.05, 0) is 74.0 Å². The van der Waals surface area contributed by atoms with Crippen molar-refractivity contribution >= 4 is 22.7 Å². The molecule has 5 rings (SSSR count). The summed E-state index contributed by atoms with van der Waals surface area (Å²) in [6.07, 6.45) is 0. The highest BCUT2D eigenvalue weighted by Crippen LogP contribution is 2.24. The molecule has 0 saturated carbocycles. The SMILES string of the molecule is CC(=O)c1ccc(Oc2nc(C)c3ccc(=O)n(-c4ccc(C(=O)NCc5ccccc5)cc4)c3n2)cc1. The van der Waals surface area contributed by atoms with E-state index in [1.165, 1.54) is 17.6 Å². The number of hydrogen-bond acceptors (Lipinski definition) is 6. The van der Waals surface area contributed by atoms with Crippen LogP contribution < -0.4 is 15.6 Å². The Morgan fingerprint density at radius 2 is 1.53 bits per heavy atom. The number of Topliss-reactive ketones (excluding diaryl/α,β-unsaturated/α-hetero) is 1. The molecule has 0 aliphatic heterocycles. The van der Waals surface area contributed by atoms with Crippen molar-refractivity contribution in [3.8, 4) is 17.4 Å². The largest absolute Gasteiger partial charge is 0.424 e. The third kappa shape index (κ3) is 5.19. The molecule has 5 aromatic rings. The Morgan fingerprint density at radius 1 is 0.842 bits per heavy atom. The van der Waals surface area contributed by atoms with Gasteiger partial charge in [0.05, 0.1) is 11.4 Å². The van der Waals surface area contributed by atoms with Crippen molar-refractivity contribution in [1.82, 2.24) is 19.9 Å². The molecule has 0 aliphatic rings. The number of benzene rings is 3. The Balaban J connectivity index is 1.44. The van der Waals surface area contributed by atoms with Gasteiger partial charge in [0.15, 0.2) is 11.4 Å². The number of ether oxygens (including phenoxy) is 1. The number of rotatable bonds is 7. The van der Waals surface area contributed by atoms with E-state index >= 15 is 0 Å². The average Bonchev–Trinajstić information content (AvgIpc) is 2.92. The number of fused-ring (bicyclic) bond motifs is 1. The van der Waals surface area contributed by atoms with Crippen LogP contribution in [0.5, 0.6) is 11.8 Å². The van der Waals surface area contributed by atoms with Gasteiger partial charge in [-0.25, -0.2) is 0 Å². The second kappa shape index (κ2) is 10.5. The minimum Gasteiger partial charge on any atom is -0.424 e. The summed E-state index contributed by atoms with van der Waals surface area (Å²) in [5.74, 6) is 0.206. The first-order chi connectivity index (χ1) is 18.4. The molecule has 0 radical (unpaired) electrons. The molecule has 38 heavy (non-hydrogen) atoms. The molecular formula is C30H24N4O4. The van der Waals surface area contributed by atoms with Crippen molar-refractivity contribution in [2.75, 3.05) is 0 Å². The summed E-state index contributed by atoms with van der Waals surface area (Å²) in [4.78, 5) is 46.1. The number of hydrogen-bond donors (Lipinski definition) is 1. The maximum Gasteiger partial charge on any atom is 0.324 e. The van der Waals surface area contributed by atoms with Crippen molar-refractivity contribution in [2.45, 2.75) is 20.4 Å². The summed E-state index contributed by atoms with van der Waals surface area (Å²) in [6.45, 7) is 3.72. The predicted octanol–water partition coefficient (Wildman–Crippen LogP) is 5.01. The van der Waals surface area contributed by atoms with Crippen molar-refractivity contribution < 1.29 is 14.3 Å². The molecule has 0 atom stereocenters. The molecule has 0 saturated heterocycles. The fourth-order valence-corrected chi connectivity index (χ4v) is 4.04. The van der Waals surface area contributed by atoms with Gasteiger partial charge >= 0.3 is 6.01 Å². The first-order valence-electron chi connectivity index (χ1n) is 12.0. The summed E-state index contributed by atoms with van der Waals surface area (Å²) in [6, 6.07) is 26.3. The maximum absolute atomic E-state index is 12.9. The van der Waals surface area contributed by atoms with Crippen molar-refractivity contribution in [1.29, 1.82) is 0 Å². The topological polar surface area (TPSA) is 103 Å². The lowest BCUT2D eigenvalue weighted by Crippen LogP contribution is -2.23. The van der Waals surface area contributed by atoms with Crippen molar-refractivity contribution in [3.63, 3.8) is 0 Å². The van der Waals surface area contributed by atoms with E-state index < -0.39 is 0 Å². The second-order valence-corrected chi connectivity index (χ2v) is 8.73. The molecule has 1 amide bonds. The van der Waals surface area contributed by atoms with Gasteiger partial charge in [0, 0.05) is 29.1 Å². The number of nitrogens with one attached hydrogen (secondary N) is 1. The number of aromatic nitrogens is 3. The lowest BCUT2D eigenvalue weighted by Gasteiger charge is -2.13. The Hall–Kier alpha value is -5.11. The molecule has 0 unspecified atom stereocenters. The van der Waals surface area contributed by atoms with Crippen LogP contribution in [-0.4, -0.2) is 26.2 Å². The first kappa shape index (κ1) is 24.6. The molecule has 8 heteroatoms. The van der Waals surface area contributed by atoms with Crippen LogP contribution in [0.4, 0.5) is 0 Å². The van der Waals surface area contributed by atoms with E-state index in [-0.39, 0.29) is 23.3 Å². The minimum atomic E-state index is -0.284. The first-order valence-corrected chi connectivity index (χ1v) is 12.0. The molecule has 0 spiro atoms. The maximum atomic E-state index is 12.9. The van der Waals surface area contributed by atoms with Crippen LogP contribution in [0, 0.1) is 6.92 Å². The monoisotopic (exact) mass is 504 g/mol. The molecule has 188 valence electrons. The fourth-order valence-electron chi connectivity index (χ4n) is 4.04. The molecule has 0 fully saturated rings. The van der Waals surface area contributed by atoms with Crippen molar-refractivity contribution in [3.05, 3.63) is 124 Å². The van der Waals surface area contributed by atoms with Gasteiger partial charge in [0.25, 0.3) is 11.5 Å². The zero-order valence-electron chi connectivity index (χ0n) is 20.8. The minimum absolute atomic E-state index is 0.0435. The molecular weight excluding hydrogens is 480 g/mol. The highest BCUT2D eigenvalue weighted by molar-refractivity contribution is 5.94. The number of ketones is 1. The molecule has 0 bridgehead atoms. The molecule has 1 N–H and O–H groups in total. The predicted molar refractivity (Wildman–Crippen MR) is 144 cm³/mol. The van der Waals surface area contributed by atoms with Crippen LogP contribution in [0.3, 0.4) is 0 Å². The third-order valence-corrected chi connectivity index (χ3v) is 6.07. The van der Waals surface area contributed by atoms with Gasteiger partial charge in [-0.15, -0.1) is 0 Å². The van der Waals surface area contributed by atoms with E-state index in [2.05, 4.69) is 15.3 Å². The van der Waals surface area contributed by atoms with E-state index in [1.807, 2.05) is 37.3 Å². The fraction of sp³-hybridized carbons (Fsp3) is 0.100. The summed E-state index contributed by atoms with van der Waals surface area (Å²) in [7, 11) is 0. The number of amides is 1. The van der Waals surface area contributed by atoms with Crippen LogP contribution in [0.2, 0.25) is 0 Å². The number of carbonyl (C=O) groups excluding carboxylic acids is 2. The highest BCUT2D eigenvalue weighted by atomic mass is 16.5. The lowest BCUT2D eigenvalue weighted by molar-refractivity contribution is 0.0950. The van der Waals surface area contributed by atoms with Crippen molar-refractivity contribution in [2.24, 2.45) is 0 Å². The zero-order chi connectivity index (χ0) is 26.6. The average molecular weight is 505 g/mol. The number of carbonyl (C=O) groups is 2. The summed E-state index contributed by atoms with van der Waals surface area (Å²) in [5.41, 5.74) is 3.32. The van der Waals surface area contributed by atoms with E-state index in [1.54, 1.807) is 54.6 Å². The van der Waals surface area contributed by atoms with Gasteiger partial charge in [-0.2, -0.15) is 9.97 Å². The summed E-state index contributed by atoms with van der Waals surface area (Å²) < 4.78 is 7.30. The smallest absolute Gasteiger partial charge is 0.324 e. The van der Waals surface area contributed by atoms with E-state index in [0.29, 0.717) is 45.8 Å². The second-order valence-electron chi connectivity index (χ2n) is 8.73. The number of aryl methyl sites for hydroxylation is 1. The van der Waals surface area contributed by atoms with Gasteiger partial charge < -0.3 is 10.1 Å². The third-order valence-electron chi connectivity index (χ3n) is 6.07. The van der Waals surface area contributed by atoms with Gasteiger partial charge in [-0.1, -0.05) is 30.3 Å². The molecule has 8 nitrogen and oxygen atoms in total. The quantitative estimate of drug-likeness (QED) is 0.313. The molecule has 0 aliphatic carbocycles. The Morgan fingerprint density at radius 3 is 2.21 bits per heavy atom. The summed E-state index contributed by atoms with van der Waals surface area (Å²) in [5, 5.41) is 3.59. The Bertz CT molecular complexity index is 1690. The Labute approximate surface area is 218 Å². The standard InChI is InChI=1S/C30H24N4O4/c1-19-26-16-17-27(36)34(28(26)33-30(32-19)38-25-14-10-22(11-15-25)20(2)35)24-12-8-23(9-13-24)29(37)31-18-21-6-4-3-5-7-21/h3-17H,18H2,1-2H3,(H,31,37). The Kier molecular flexibility index (Phi) is 6.78. The van der Waals surface area contributed by atoms with Crippen LogP contribution in [0.1, 0.15) is 38.9 Å². The summed E-state index contributed by atoms with van der Waals surface area (Å²) >= 11 is 0. The normalized spacial score (nSPS) is 10.8. The van der Waals surface area contributed by atoms with E-state index in [9.17, 15) is 14.4 Å². The molecule has 2 heterocycles.